The van der Waals surface area contributed by atoms with Crippen molar-refractivity contribution in [2.24, 2.45) is 0 Å². The third-order valence-electron chi connectivity index (χ3n) is 2.48. The minimum atomic E-state index is -2.32. The lowest BCUT2D eigenvalue weighted by Gasteiger charge is -2.32. The Labute approximate surface area is 112 Å². The zero-order valence-electron chi connectivity index (χ0n) is 12.4. The number of hydrogen-bond acceptors (Lipinski definition) is 3. The summed E-state index contributed by atoms with van der Waals surface area (Å²) in [5.74, 6) is 0. The highest BCUT2D eigenvalue weighted by molar-refractivity contribution is 6.75. The lowest BCUT2D eigenvalue weighted by Crippen LogP contribution is -2.50. The highest BCUT2D eigenvalue weighted by Crippen LogP contribution is 2.21. The van der Waals surface area contributed by atoms with Crippen LogP contribution in [0.5, 0.6) is 0 Å². The second-order valence-corrected chi connectivity index (χ2v) is 13.4. The molecule has 0 radical (unpaired) electrons. The van der Waals surface area contributed by atoms with Crippen LogP contribution >= 0.6 is 0 Å². The highest BCUT2D eigenvalue weighted by atomic mass is 28.5. The van der Waals surface area contributed by atoms with Gasteiger partial charge in [0.25, 0.3) is 0 Å². The largest absolute Gasteiger partial charge is 0.479 e. The van der Waals surface area contributed by atoms with Crippen LogP contribution in [0, 0.1) is 0 Å². The third kappa shape index (κ3) is 8.28. The molecule has 0 spiro atoms. The SMILES string of the molecule is CCCCCC[Si](OC)(O[SiH](C)C)O[SiH](C)C. The Morgan fingerprint density at radius 1 is 0.882 bits per heavy atom. The summed E-state index contributed by atoms with van der Waals surface area (Å²) in [6.45, 7) is 11.0. The first-order valence-electron chi connectivity index (χ1n) is 6.86. The minimum Gasteiger partial charge on any atom is -0.419 e. The van der Waals surface area contributed by atoms with E-state index in [1.54, 1.807) is 7.11 Å². The van der Waals surface area contributed by atoms with Crippen LogP contribution in [0.3, 0.4) is 0 Å². The van der Waals surface area contributed by atoms with Crippen LogP contribution in [0.15, 0.2) is 0 Å². The minimum absolute atomic E-state index is 1.000. The number of hydrogen-bond donors (Lipinski definition) is 0. The Hall–Kier alpha value is 0.531. The van der Waals surface area contributed by atoms with Gasteiger partial charge in [0.15, 0.2) is 18.1 Å². The summed E-state index contributed by atoms with van der Waals surface area (Å²) in [5, 5.41) is 0. The van der Waals surface area contributed by atoms with E-state index in [0.717, 1.165) is 6.04 Å². The van der Waals surface area contributed by atoms with Gasteiger partial charge < -0.3 is 12.7 Å². The van der Waals surface area contributed by atoms with Crippen LogP contribution in [0.25, 0.3) is 0 Å². The quantitative estimate of drug-likeness (QED) is 0.457. The fraction of sp³-hybridized carbons (Fsp3) is 1.00. The van der Waals surface area contributed by atoms with E-state index in [1.807, 2.05) is 0 Å². The van der Waals surface area contributed by atoms with Crippen LogP contribution in [-0.4, -0.2) is 34.0 Å². The molecule has 0 N–H and O–H groups in total. The highest BCUT2D eigenvalue weighted by Gasteiger charge is 2.40. The predicted molar refractivity (Wildman–Crippen MR) is 81.6 cm³/mol. The van der Waals surface area contributed by atoms with E-state index in [-0.39, 0.29) is 0 Å². The molecule has 0 saturated carbocycles. The molecular formula is C11H30O3Si3. The van der Waals surface area contributed by atoms with E-state index in [1.165, 1.54) is 25.7 Å². The van der Waals surface area contributed by atoms with Crippen molar-refractivity contribution in [1.82, 2.24) is 0 Å². The lowest BCUT2D eigenvalue weighted by molar-refractivity contribution is 0.205. The molecule has 0 aliphatic rings. The molecule has 0 unspecified atom stereocenters. The molecule has 0 aliphatic carbocycles. The summed E-state index contributed by atoms with van der Waals surface area (Å²) in [5.41, 5.74) is 0. The zero-order chi connectivity index (χ0) is 13.3. The van der Waals surface area contributed by atoms with Crippen LogP contribution in [0.1, 0.15) is 32.6 Å². The van der Waals surface area contributed by atoms with E-state index >= 15 is 0 Å². The molecule has 0 aromatic rings. The maximum atomic E-state index is 6.15. The maximum absolute atomic E-state index is 6.15. The average molecular weight is 295 g/mol. The molecule has 0 heterocycles. The molecule has 0 aliphatic heterocycles. The van der Waals surface area contributed by atoms with Crippen molar-refractivity contribution in [1.29, 1.82) is 0 Å². The Balaban J connectivity index is 4.33. The Bertz CT molecular complexity index is 179. The fourth-order valence-corrected chi connectivity index (χ4v) is 10.9. The molecule has 0 amide bonds. The Kier molecular flexibility index (Phi) is 9.75. The van der Waals surface area contributed by atoms with Crippen molar-refractivity contribution in [2.75, 3.05) is 7.11 Å². The molecular weight excluding hydrogens is 264 g/mol. The lowest BCUT2D eigenvalue weighted by atomic mass is 10.2. The normalized spacial score (nSPS) is 12.7. The van der Waals surface area contributed by atoms with Gasteiger partial charge in [-0.05, 0) is 32.6 Å². The van der Waals surface area contributed by atoms with Crippen LogP contribution in [-0.2, 0) is 12.7 Å². The van der Waals surface area contributed by atoms with Gasteiger partial charge in [-0.25, -0.2) is 0 Å². The van der Waals surface area contributed by atoms with Crippen LogP contribution in [0.4, 0.5) is 0 Å². The molecule has 0 fully saturated rings. The summed E-state index contributed by atoms with van der Waals surface area (Å²) in [6.07, 6.45) is 5.00. The zero-order valence-corrected chi connectivity index (χ0v) is 15.7. The molecule has 0 aromatic carbocycles. The van der Waals surface area contributed by atoms with Gasteiger partial charge in [-0.2, -0.15) is 0 Å². The van der Waals surface area contributed by atoms with Crippen molar-refractivity contribution in [2.45, 2.75) is 64.8 Å². The van der Waals surface area contributed by atoms with E-state index in [4.69, 9.17) is 12.7 Å². The average Bonchev–Trinajstić information content (AvgIpc) is 2.22. The number of unbranched alkanes of at least 4 members (excludes halogenated alkanes) is 3. The summed E-state index contributed by atoms with van der Waals surface area (Å²) in [4.78, 5) is 0. The molecule has 0 bridgehead atoms. The van der Waals surface area contributed by atoms with Crippen LogP contribution in [0.2, 0.25) is 32.2 Å². The predicted octanol–water partition coefficient (Wildman–Crippen LogP) is 3.15. The molecule has 0 saturated heterocycles. The van der Waals surface area contributed by atoms with Gasteiger partial charge in [0.1, 0.15) is 0 Å². The van der Waals surface area contributed by atoms with Crippen molar-refractivity contribution in [3.05, 3.63) is 0 Å². The van der Waals surface area contributed by atoms with Crippen molar-refractivity contribution in [3.8, 4) is 0 Å². The molecule has 104 valence electrons. The fourth-order valence-electron chi connectivity index (χ4n) is 1.83. The molecule has 17 heavy (non-hydrogen) atoms. The van der Waals surface area contributed by atoms with Gasteiger partial charge in [-0.1, -0.05) is 26.2 Å². The van der Waals surface area contributed by atoms with Gasteiger partial charge in [0, 0.05) is 13.2 Å². The summed E-state index contributed by atoms with van der Waals surface area (Å²) in [6, 6.07) is 1.000. The van der Waals surface area contributed by atoms with E-state index < -0.39 is 26.9 Å². The first-order chi connectivity index (χ1) is 7.95. The molecule has 0 aromatic heterocycles. The van der Waals surface area contributed by atoms with E-state index in [0.29, 0.717) is 0 Å². The van der Waals surface area contributed by atoms with Crippen molar-refractivity contribution < 1.29 is 12.7 Å². The summed E-state index contributed by atoms with van der Waals surface area (Å²) >= 11 is 0. The first kappa shape index (κ1) is 17.5. The van der Waals surface area contributed by atoms with E-state index in [9.17, 15) is 0 Å². The van der Waals surface area contributed by atoms with Gasteiger partial charge in [-0.15, -0.1) is 0 Å². The molecule has 3 nitrogen and oxygen atoms in total. The Morgan fingerprint density at radius 2 is 1.41 bits per heavy atom. The standard InChI is InChI=1S/C11H30O3Si3/c1-7-8-9-10-11-17(12-2,13-15(3)4)14-16(5)6/h15-16H,7-11H2,1-6H3. The first-order valence-corrected chi connectivity index (χ1v) is 14.4. The van der Waals surface area contributed by atoms with Crippen LogP contribution < -0.4 is 0 Å². The summed E-state index contributed by atoms with van der Waals surface area (Å²) in [7, 11) is -2.75. The van der Waals surface area contributed by atoms with Crippen molar-refractivity contribution >= 4 is 26.9 Å². The smallest absolute Gasteiger partial charge is 0.419 e. The molecule has 0 rings (SSSR count). The van der Waals surface area contributed by atoms with Gasteiger partial charge in [0.05, 0.1) is 0 Å². The second-order valence-electron chi connectivity index (χ2n) is 5.03. The van der Waals surface area contributed by atoms with Gasteiger partial charge in [0.2, 0.25) is 0 Å². The third-order valence-corrected chi connectivity index (χ3v) is 10.7. The van der Waals surface area contributed by atoms with Crippen molar-refractivity contribution in [3.63, 3.8) is 0 Å². The molecule has 0 atom stereocenters. The van der Waals surface area contributed by atoms with Gasteiger partial charge >= 0.3 is 8.80 Å². The monoisotopic (exact) mass is 294 g/mol. The van der Waals surface area contributed by atoms with Gasteiger partial charge in [-0.3, -0.25) is 0 Å². The molecule has 6 heteroatoms. The maximum Gasteiger partial charge on any atom is 0.479 e. The second kappa shape index (κ2) is 9.46. The topological polar surface area (TPSA) is 27.7 Å². The summed E-state index contributed by atoms with van der Waals surface area (Å²) < 4.78 is 18.0. The Morgan fingerprint density at radius 3 is 1.76 bits per heavy atom. The number of rotatable bonds is 10. The van der Waals surface area contributed by atoms with E-state index in [2.05, 4.69) is 33.1 Å².